The van der Waals surface area contributed by atoms with Crippen LogP contribution < -0.4 is 18.9 Å². The van der Waals surface area contributed by atoms with Crippen molar-refractivity contribution in [1.29, 1.82) is 0 Å². The first-order valence-electron chi connectivity index (χ1n) is 10.7. The van der Waals surface area contributed by atoms with Gasteiger partial charge in [-0.15, -0.1) is 0 Å². The third-order valence-electron chi connectivity index (χ3n) is 6.42. The highest BCUT2D eigenvalue weighted by atomic mass is 32.2. The topological polar surface area (TPSA) is 91.4 Å². The number of allylic oxidation sites excluding steroid dienone is 1. The van der Waals surface area contributed by atoms with Crippen molar-refractivity contribution in [2.24, 2.45) is 0 Å². The van der Waals surface area contributed by atoms with Crippen molar-refractivity contribution in [2.45, 2.75) is 25.9 Å². The number of methoxy groups -OCH3 is 2. The van der Waals surface area contributed by atoms with Crippen molar-refractivity contribution in [3.8, 4) is 23.0 Å². The summed E-state index contributed by atoms with van der Waals surface area (Å²) in [6.45, 7) is 2.71. The molecule has 2 aromatic rings. The maximum Gasteiger partial charge on any atom is 0.231 e. The number of rotatable bonds is 4. The van der Waals surface area contributed by atoms with Gasteiger partial charge in [-0.2, -0.15) is 0 Å². The lowest BCUT2D eigenvalue weighted by Gasteiger charge is -2.33. The van der Waals surface area contributed by atoms with Crippen LogP contribution in [0.1, 0.15) is 33.5 Å². The van der Waals surface area contributed by atoms with Crippen molar-refractivity contribution in [3.63, 3.8) is 0 Å². The van der Waals surface area contributed by atoms with Gasteiger partial charge < -0.3 is 18.9 Å². The first-order chi connectivity index (χ1) is 15.8. The van der Waals surface area contributed by atoms with Crippen LogP contribution >= 0.6 is 0 Å². The molecule has 9 heteroatoms. The summed E-state index contributed by atoms with van der Waals surface area (Å²) in [5.74, 6) is 2.75. The number of ether oxygens (including phenoxy) is 4. The number of hydrogen-bond donors (Lipinski definition) is 0. The van der Waals surface area contributed by atoms with E-state index in [0.29, 0.717) is 53.8 Å². The molecule has 0 N–H and O–H groups in total. The summed E-state index contributed by atoms with van der Waals surface area (Å²) in [6, 6.07) is 7.08. The molecule has 0 aliphatic carbocycles. The van der Waals surface area contributed by atoms with E-state index >= 15 is 0 Å². The molecule has 2 aromatic carbocycles. The third kappa shape index (κ3) is 3.85. The number of carbonyl (C=O) groups excluding carboxylic acids is 1. The van der Waals surface area contributed by atoms with Crippen molar-refractivity contribution in [2.75, 3.05) is 32.5 Å². The molecule has 0 bridgehead atoms. The minimum atomic E-state index is -2.99. The number of hydrogen-bond acceptors (Lipinski definition) is 8. The van der Waals surface area contributed by atoms with Crippen LogP contribution in [0, 0.1) is 6.92 Å². The zero-order chi connectivity index (χ0) is 23.3. The summed E-state index contributed by atoms with van der Waals surface area (Å²) in [4.78, 5) is 15.2. The zero-order valence-corrected chi connectivity index (χ0v) is 19.5. The van der Waals surface area contributed by atoms with E-state index < -0.39 is 9.84 Å². The van der Waals surface area contributed by atoms with Gasteiger partial charge in [-0.3, -0.25) is 9.69 Å². The van der Waals surface area contributed by atoms with Crippen LogP contribution in [0.5, 0.6) is 23.0 Å². The summed E-state index contributed by atoms with van der Waals surface area (Å²) in [5, 5.41) is 0. The Balaban J connectivity index is 1.45. The van der Waals surface area contributed by atoms with Crippen LogP contribution in [0.3, 0.4) is 0 Å². The van der Waals surface area contributed by atoms with Crippen LogP contribution in [0.4, 0.5) is 0 Å². The average Bonchev–Trinajstić information content (AvgIpc) is 3.33. The molecule has 1 atom stereocenters. The van der Waals surface area contributed by atoms with E-state index in [1.807, 2.05) is 17.9 Å². The largest absolute Gasteiger partial charge is 0.497 e. The highest BCUT2D eigenvalue weighted by Crippen LogP contribution is 2.44. The van der Waals surface area contributed by atoms with Gasteiger partial charge in [-0.05, 0) is 37.6 Å². The maximum absolute atomic E-state index is 13.2. The van der Waals surface area contributed by atoms with Crippen molar-refractivity contribution in [1.82, 2.24) is 4.90 Å². The van der Waals surface area contributed by atoms with Crippen molar-refractivity contribution < 1.29 is 32.2 Å². The number of nitrogens with zero attached hydrogens (tertiary/aromatic N) is 1. The van der Waals surface area contributed by atoms with Crippen LogP contribution in [0.15, 0.2) is 30.0 Å². The van der Waals surface area contributed by atoms with E-state index in [0.717, 1.165) is 11.1 Å². The molecule has 33 heavy (non-hydrogen) atoms. The minimum absolute atomic E-state index is 0.0679. The Hall–Kier alpha value is -3.04. The fourth-order valence-electron chi connectivity index (χ4n) is 4.64. The number of sulfone groups is 1. The molecule has 0 saturated carbocycles. The summed E-state index contributed by atoms with van der Waals surface area (Å²) < 4.78 is 46.4. The summed E-state index contributed by atoms with van der Waals surface area (Å²) in [5.41, 5.74) is 2.80. The second kappa shape index (κ2) is 8.07. The molecule has 174 valence electrons. The Labute approximate surface area is 192 Å². The van der Waals surface area contributed by atoms with E-state index in [9.17, 15) is 13.2 Å². The van der Waals surface area contributed by atoms with Crippen LogP contribution in [0.2, 0.25) is 0 Å². The highest BCUT2D eigenvalue weighted by molar-refractivity contribution is 7.91. The van der Waals surface area contributed by atoms with Gasteiger partial charge in [0, 0.05) is 35.3 Å². The average molecular weight is 472 g/mol. The minimum Gasteiger partial charge on any atom is -0.497 e. The predicted octanol–water partition coefficient (Wildman–Crippen LogP) is 2.97. The molecular weight excluding hydrogens is 446 g/mol. The fourth-order valence-corrected chi connectivity index (χ4v) is 6.40. The van der Waals surface area contributed by atoms with Gasteiger partial charge in [-0.25, -0.2) is 8.42 Å². The summed E-state index contributed by atoms with van der Waals surface area (Å²) in [6.07, 6.45) is 2.26. The molecule has 0 spiro atoms. The van der Waals surface area contributed by atoms with Gasteiger partial charge >= 0.3 is 0 Å². The van der Waals surface area contributed by atoms with E-state index in [1.54, 1.807) is 38.5 Å². The second-order valence-electron chi connectivity index (χ2n) is 8.49. The number of carbonyl (C=O) groups is 1. The van der Waals surface area contributed by atoms with E-state index in [-0.39, 0.29) is 29.1 Å². The lowest BCUT2D eigenvalue weighted by molar-refractivity contribution is 0.0637. The molecule has 5 rings (SSSR count). The second-order valence-corrected chi connectivity index (χ2v) is 10.7. The first kappa shape index (κ1) is 21.8. The molecule has 1 unspecified atom stereocenters. The number of ketones is 1. The molecule has 3 aliphatic rings. The lowest BCUT2D eigenvalue weighted by Crippen LogP contribution is -2.41. The number of benzene rings is 2. The molecule has 1 fully saturated rings. The lowest BCUT2D eigenvalue weighted by atomic mass is 9.99. The van der Waals surface area contributed by atoms with Gasteiger partial charge in [0.05, 0.1) is 31.3 Å². The number of fused-ring (bicyclic) bond motifs is 2. The standard InChI is InChI=1S/C24H25NO7S/c1-14-23-16(11-25(13-31-23)17-6-7-33(27,28)12-17)8-19-22(26)21(32-24(14)19)9-15-4-5-18(29-2)10-20(15)30-3/h4-5,8-10,17H,6-7,11-13H2,1-3H3/b21-9-. The molecule has 3 heterocycles. The molecule has 3 aliphatic heterocycles. The Morgan fingerprint density at radius 1 is 1.15 bits per heavy atom. The first-order valence-corrected chi connectivity index (χ1v) is 12.5. The SMILES string of the molecule is COc1ccc(/C=C2\Oc3c(cc4c(c3C)OCN(C3CCS(=O)(=O)C3)C4)C2=O)c(OC)c1. The Bertz CT molecular complexity index is 1280. The monoisotopic (exact) mass is 471 g/mol. The van der Waals surface area contributed by atoms with E-state index in [1.165, 1.54) is 0 Å². The van der Waals surface area contributed by atoms with Crippen LogP contribution in [-0.4, -0.2) is 57.6 Å². The summed E-state index contributed by atoms with van der Waals surface area (Å²) in [7, 11) is 0.138. The van der Waals surface area contributed by atoms with Crippen LogP contribution in [0.25, 0.3) is 6.08 Å². The molecule has 0 aromatic heterocycles. The Morgan fingerprint density at radius 2 is 1.97 bits per heavy atom. The van der Waals surface area contributed by atoms with Crippen LogP contribution in [-0.2, 0) is 16.4 Å². The smallest absolute Gasteiger partial charge is 0.231 e. The van der Waals surface area contributed by atoms with Gasteiger partial charge in [-0.1, -0.05) is 0 Å². The molecular formula is C24H25NO7S. The third-order valence-corrected chi connectivity index (χ3v) is 8.17. The number of Topliss-reactive ketones (excluding diaryl/α,β-unsaturated/α-hetero) is 1. The highest BCUT2D eigenvalue weighted by Gasteiger charge is 2.37. The van der Waals surface area contributed by atoms with Crippen molar-refractivity contribution in [3.05, 3.63) is 52.3 Å². The summed E-state index contributed by atoms with van der Waals surface area (Å²) >= 11 is 0. The van der Waals surface area contributed by atoms with Crippen molar-refractivity contribution >= 4 is 21.7 Å². The Morgan fingerprint density at radius 3 is 2.67 bits per heavy atom. The quantitative estimate of drug-likeness (QED) is 0.629. The van der Waals surface area contributed by atoms with Gasteiger partial charge in [0.2, 0.25) is 5.78 Å². The molecule has 8 nitrogen and oxygen atoms in total. The fraction of sp³-hybridized carbons (Fsp3) is 0.375. The van der Waals surface area contributed by atoms with Gasteiger partial charge in [0.1, 0.15) is 29.7 Å². The van der Waals surface area contributed by atoms with Gasteiger partial charge in [0.25, 0.3) is 0 Å². The molecule has 0 amide bonds. The Kier molecular flexibility index (Phi) is 5.33. The van der Waals surface area contributed by atoms with E-state index in [4.69, 9.17) is 18.9 Å². The molecule has 0 radical (unpaired) electrons. The normalized spacial score (nSPS) is 22.5. The predicted molar refractivity (Wildman–Crippen MR) is 122 cm³/mol. The van der Waals surface area contributed by atoms with Gasteiger partial charge in [0.15, 0.2) is 15.6 Å². The maximum atomic E-state index is 13.2. The zero-order valence-electron chi connectivity index (χ0n) is 18.7. The molecule has 1 saturated heterocycles. The van der Waals surface area contributed by atoms with E-state index in [2.05, 4.69) is 0 Å².